The van der Waals surface area contributed by atoms with E-state index in [0.717, 1.165) is 25.2 Å². The molecular weight excluding hydrogens is 174 g/mol. The molecule has 0 aromatic carbocycles. The third-order valence-corrected chi connectivity index (χ3v) is 3.56. The SMILES string of the molecule is CCC(C#N)C(O)C1CCC(C)CC1. The lowest BCUT2D eigenvalue weighted by atomic mass is 9.77. The van der Waals surface area contributed by atoms with Gasteiger partial charge in [-0.1, -0.05) is 26.7 Å². The Morgan fingerprint density at radius 1 is 1.36 bits per heavy atom. The molecule has 2 atom stereocenters. The van der Waals surface area contributed by atoms with Crippen LogP contribution in [0.5, 0.6) is 0 Å². The Kier molecular flexibility index (Phi) is 4.41. The predicted octanol–water partition coefficient (Wildman–Crippen LogP) is 2.72. The van der Waals surface area contributed by atoms with E-state index in [9.17, 15) is 5.11 Å². The number of aliphatic hydroxyl groups is 1. The van der Waals surface area contributed by atoms with E-state index in [0.29, 0.717) is 5.92 Å². The highest BCUT2D eigenvalue weighted by molar-refractivity contribution is 4.91. The van der Waals surface area contributed by atoms with Crippen LogP contribution in [0.4, 0.5) is 0 Å². The zero-order chi connectivity index (χ0) is 10.6. The van der Waals surface area contributed by atoms with E-state index in [1.54, 1.807) is 0 Å². The molecule has 80 valence electrons. The highest BCUT2D eigenvalue weighted by Crippen LogP contribution is 2.33. The van der Waals surface area contributed by atoms with Gasteiger partial charge >= 0.3 is 0 Å². The van der Waals surface area contributed by atoms with Crippen molar-refractivity contribution >= 4 is 0 Å². The molecule has 0 aromatic heterocycles. The fraction of sp³-hybridized carbons (Fsp3) is 0.917. The van der Waals surface area contributed by atoms with Crippen molar-refractivity contribution in [1.29, 1.82) is 5.26 Å². The van der Waals surface area contributed by atoms with E-state index in [1.807, 2.05) is 6.92 Å². The number of nitrogens with zero attached hydrogens (tertiary/aromatic N) is 1. The van der Waals surface area contributed by atoms with Crippen LogP contribution in [0.25, 0.3) is 0 Å². The fourth-order valence-electron chi connectivity index (χ4n) is 2.37. The van der Waals surface area contributed by atoms with Gasteiger partial charge in [-0.2, -0.15) is 5.26 Å². The van der Waals surface area contributed by atoms with Gasteiger partial charge in [0.05, 0.1) is 18.1 Å². The molecule has 0 saturated heterocycles. The lowest BCUT2D eigenvalue weighted by Gasteiger charge is -2.31. The average Bonchev–Trinajstić information content (AvgIpc) is 2.20. The van der Waals surface area contributed by atoms with Gasteiger partial charge in [-0.05, 0) is 31.1 Å². The summed E-state index contributed by atoms with van der Waals surface area (Å²) in [5.74, 6) is 1.02. The molecule has 0 spiro atoms. The largest absolute Gasteiger partial charge is 0.391 e. The first-order valence-corrected chi connectivity index (χ1v) is 5.76. The molecule has 1 fully saturated rings. The van der Waals surface area contributed by atoms with Crippen LogP contribution in [-0.4, -0.2) is 11.2 Å². The lowest BCUT2D eigenvalue weighted by Crippen LogP contribution is -2.31. The Bertz CT molecular complexity index is 201. The third-order valence-electron chi connectivity index (χ3n) is 3.56. The standard InChI is InChI=1S/C12H21NO/c1-3-10(8-13)12(14)11-6-4-9(2)5-7-11/h9-12,14H,3-7H2,1-2H3. The summed E-state index contributed by atoms with van der Waals surface area (Å²) in [5.41, 5.74) is 0. The molecule has 0 heterocycles. The van der Waals surface area contributed by atoms with Gasteiger partial charge < -0.3 is 5.11 Å². The molecule has 0 amide bonds. The van der Waals surface area contributed by atoms with Crippen molar-refractivity contribution in [2.75, 3.05) is 0 Å². The van der Waals surface area contributed by atoms with Crippen molar-refractivity contribution in [2.24, 2.45) is 17.8 Å². The van der Waals surface area contributed by atoms with Gasteiger partial charge in [0.15, 0.2) is 0 Å². The Morgan fingerprint density at radius 2 is 1.93 bits per heavy atom. The summed E-state index contributed by atoms with van der Waals surface area (Å²) in [7, 11) is 0. The highest BCUT2D eigenvalue weighted by Gasteiger charge is 2.29. The van der Waals surface area contributed by atoms with E-state index in [-0.39, 0.29) is 5.92 Å². The number of nitriles is 1. The molecule has 14 heavy (non-hydrogen) atoms. The van der Waals surface area contributed by atoms with E-state index in [4.69, 9.17) is 5.26 Å². The van der Waals surface area contributed by atoms with Gasteiger partial charge in [-0.15, -0.1) is 0 Å². The van der Waals surface area contributed by atoms with Crippen molar-refractivity contribution in [3.05, 3.63) is 0 Å². The molecule has 0 radical (unpaired) electrons. The van der Waals surface area contributed by atoms with Crippen LogP contribution >= 0.6 is 0 Å². The Labute approximate surface area is 86.9 Å². The predicted molar refractivity (Wildman–Crippen MR) is 56.5 cm³/mol. The van der Waals surface area contributed by atoms with Crippen LogP contribution in [0.3, 0.4) is 0 Å². The smallest absolute Gasteiger partial charge is 0.0726 e. The number of hydrogen-bond acceptors (Lipinski definition) is 2. The molecule has 0 bridgehead atoms. The summed E-state index contributed by atoms with van der Waals surface area (Å²) in [4.78, 5) is 0. The fourth-order valence-corrected chi connectivity index (χ4v) is 2.37. The minimum Gasteiger partial charge on any atom is -0.391 e. The van der Waals surface area contributed by atoms with Crippen molar-refractivity contribution in [2.45, 2.75) is 52.1 Å². The maximum atomic E-state index is 10.00. The Morgan fingerprint density at radius 3 is 2.36 bits per heavy atom. The molecule has 2 nitrogen and oxygen atoms in total. The van der Waals surface area contributed by atoms with Gasteiger partial charge in [0.25, 0.3) is 0 Å². The minimum atomic E-state index is -0.391. The third kappa shape index (κ3) is 2.72. The first kappa shape index (κ1) is 11.5. The van der Waals surface area contributed by atoms with Crippen molar-refractivity contribution in [3.63, 3.8) is 0 Å². The summed E-state index contributed by atoms with van der Waals surface area (Å²) in [5, 5.41) is 18.9. The second kappa shape index (κ2) is 5.36. The van der Waals surface area contributed by atoms with Gasteiger partial charge in [0.2, 0.25) is 0 Å². The summed E-state index contributed by atoms with van der Waals surface area (Å²) < 4.78 is 0. The van der Waals surface area contributed by atoms with Crippen molar-refractivity contribution in [3.8, 4) is 6.07 Å². The zero-order valence-electron chi connectivity index (χ0n) is 9.24. The summed E-state index contributed by atoms with van der Waals surface area (Å²) >= 11 is 0. The van der Waals surface area contributed by atoms with Crippen molar-refractivity contribution < 1.29 is 5.11 Å². The molecule has 1 aliphatic carbocycles. The maximum Gasteiger partial charge on any atom is 0.0726 e. The second-order valence-electron chi connectivity index (χ2n) is 4.65. The second-order valence-corrected chi connectivity index (χ2v) is 4.65. The topological polar surface area (TPSA) is 44.0 Å². The lowest BCUT2D eigenvalue weighted by molar-refractivity contribution is 0.0441. The molecule has 2 heteroatoms. The van der Waals surface area contributed by atoms with Crippen LogP contribution in [0, 0.1) is 29.1 Å². The first-order valence-electron chi connectivity index (χ1n) is 5.76. The van der Waals surface area contributed by atoms with Gasteiger partial charge in [-0.3, -0.25) is 0 Å². The molecule has 1 rings (SSSR count). The quantitative estimate of drug-likeness (QED) is 0.752. The average molecular weight is 195 g/mol. The first-order chi connectivity index (χ1) is 6.69. The number of rotatable bonds is 3. The van der Waals surface area contributed by atoms with Crippen LogP contribution in [0.1, 0.15) is 46.0 Å². The molecular formula is C12H21NO. The van der Waals surface area contributed by atoms with Crippen LogP contribution in [0.15, 0.2) is 0 Å². The Balaban J connectivity index is 2.45. The molecule has 0 aliphatic heterocycles. The molecule has 1 saturated carbocycles. The van der Waals surface area contributed by atoms with E-state index in [2.05, 4.69) is 13.0 Å². The summed E-state index contributed by atoms with van der Waals surface area (Å²) in [6.07, 6.45) is 5.00. The molecule has 1 N–H and O–H groups in total. The highest BCUT2D eigenvalue weighted by atomic mass is 16.3. The Hall–Kier alpha value is -0.550. The van der Waals surface area contributed by atoms with Crippen LogP contribution in [-0.2, 0) is 0 Å². The minimum absolute atomic E-state index is 0.159. The van der Waals surface area contributed by atoms with Gasteiger partial charge in [0, 0.05) is 0 Å². The summed E-state index contributed by atoms with van der Waals surface area (Å²) in [6.45, 7) is 4.24. The summed E-state index contributed by atoms with van der Waals surface area (Å²) in [6, 6.07) is 2.21. The molecule has 0 aromatic rings. The number of hydrogen-bond donors (Lipinski definition) is 1. The monoisotopic (exact) mass is 195 g/mol. The molecule has 2 unspecified atom stereocenters. The van der Waals surface area contributed by atoms with E-state index < -0.39 is 6.10 Å². The zero-order valence-corrected chi connectivity index (χ0v) is 9.24. The van der Waals surface area contributed by atoms with Gasteiger partial charge in [-0.25, -0.2) is 0 Å². The van der Waals surface area contributed by atoms with Gasteiger partial charge in [0.1, 0.15) is 0 Å². The number of aliphatic hydroxyl groups excluding tert-OH is 1. The van der Waals surface area contributed by atoms with Crippen LogP contribution < -0.4 is 0 Å². The van der Waals surface area contributed by atoms with Crippen LogP contribution in [0.2, 0.25) is 0 Å². The maximum absolute atomic E-state index is 10.00. The van der Waals surface area contributed by atoms with Crippen molar-refractivity contribution in [1.82, 2.24) is 0 Å². The van der Waals surface area contributed by atoms with E-state index >= 15 is 0 Å². The normalized spacial score (nSPS) is 31.9. The van der Waals surface area contributed by atoms with E-state index in [1.165, 1.54) is 12.8 Å². The molecule has 1 aliphatic rings.